The summed E-state index contributed by atoms with van der Waals surface area (Å²) in [6.45, 7) is 6.96. The molecule has 0 bridgehead atoms. The first-order valence-corrected chi connectivity index (χ1v) is 15.0. The molecule has 0 aromatic carbocycles. The van der Waals surface area contributed by atoms with Crippen molar-refractivity contribution in [3.05, 3.63) is 0 Å². The van der Waals surface area contributed by atoms with E-state index in [1.54, 1.807) is 0 Å². The topological polar surface area (TPSA) is 127 Å². The number of hydrogen-bond donors (Lipinski definition) is 3. The summed E-state index contributed by atoms with van der Waals surface area (Å²) in [7, 11) is -4.31. The van der Waals surface area contributed by atoms with Gasteiger partial charge in [0.05, 0.1) is 28.1 Å². The van der Waals surface area contributed by atoms with E-state index >= 15 is 0 Å². The van der Waals surface area contributed by atoms with Gasteiger partial charge >= 0.3 is 29.6 Å². The molecule has 1 amide bonds. The van der Waals surface area contributed by atoms with Crippen molar-refractivity contribution in [1.29, 1.82) is 0 Å². The predicted molar refractivity (Wildman–Crippen MR) is 129 cm³/mol. The van der Waals surface area contributed by atoms with Gasteiger partial charge in [-0.15, -0.1) is 0 Å². The van der Waals surface area contributed by atoms with Crippen molar-refractivity contribution in [3.8, 4) is 0 Å². The molecule has 35 heavy (non-hydrogen) atoms. The van der Waals surface area contributed by atoms with Gasteiger partial charge in [0.1, 0.15) is 0 Å². The minimum atomic E-state index is -4.31. The average Bonchev–Trinajstić information content (AvgIpc) is 3.09. The van der Waals surface area contributed by atoms with Gasteiger partial charge in [-0.25, -0.2) is 8.42 Å². The number of carbonyl (C=O) groups excluding carboxylic acids is 1. The van der Waals surface area contributed by atoms with Gasteiger partial charge in [-0.2, -0.15) is 0 Å². The van der Waals surface area contributed by atoms with Crippen LogP contribution in [0, 0.1) is 46.3 Å². The molecule has 4 aliphatic rings. The molecule has 4 saturated carbocycles. The van der Waals surface area contributed by atoms with E-state index < -0.39 is 15.9 Å². The van der Waals surface area contributed by atoms with Crippen molar-refractivity contribution < 1.29 is 57.5 Å². The summed E-state index contributed by atoms with van der Waals surface area (Å²) in [6, 6.07) is 0. The number of amides is 1. The summed E-state index contributed by atoms with van der Waals surface area (Å²) in [4.78, 5) is 12.2. The molecule has 10 atom stereocenters. The second kappa shape index (κ2) is 11.2. The number of rotatable bonds is 7. The molecule has 0 heterocycles. The molecular weight excluding hydrogens is 477 g/mol. The SMILES string of the molecule is CC(CCC(=O)NCCS(=O)(=O)[O-])[C@H]1CCC2[C@H]3C(CC[C@@]21C)[C@@]1(C)CCC(O)C[C@H]1C[C@@H]3O.[Na+]. The molecule has 3 N–H and O–H groups in total. The van der Waals surface area contributed by atoms with Crippen LogP contribution in [0.5, 0.6) is 0 Å². The summed E-state index contributed by atoms with van der Waals surface area (Å²) in [5, 5.41) is 24.2. The second-order valence-electron chi connectivity index (χ2n) is 12.6. The summed E-state index contributed by atoms with van der Waals surface area (Å²) in [5.41, 5.74) is 0.399. The first-order valence-electron chi connectivity index (χ1n) is 13.4. The smallest absolute Gasteiger partial charge is 0.748 e. The summed E-state index contributed by atoms with van der Waals surface area (Å²) >= 11 is 0. The minimum absolute atomic E-state index is 0. The third-order valence-electron chi connectivity index (χ3n) is 10.9. The monoisotopic (exact) mass is 521 g/mol. The third kappa shape index (κ3) is 5.99. The minimum Gasteiger partial charge on any atom is -0.748 e. The van der Waals surface area contributed by atoms with Gasteiger partial charge in [0.2, 0.25) is 5.91 Å². The predicted octanol–water partition coefficient (Wildman–Crippen LogP) is 0.0587. The Balaban J connectivity index is 0.00000342. The molecule has 0 aromatic heterocycles. The van der Waals surface area contributed by atoms with Gasteiger partial charge in [0, 0.05) is 13.0 Å². The molecule has 0 spiro atoms. The van der Waals surface area contributed by atoms with Crippen LogP contribution < -0.4 is 34.9 Å². The summed E-state index contributed by atoms with van der Waals surface area (Å²) in [6.07, 6.45) is 8.78. The first-order chi connectivity index (χ1) is 15.8. The van der Waals surface area contributed by atoms with Crippen LogP contribution in [0.2, 0.25) is 0 Å². The largest absolute Gasteiger partial charge is 1.00 e. The Morgan fingerprint density at radius 1 is 1.06 bits per heavy atom. The van der Waals surface area contributed by atoms with E-state index in [1.165, 1.54) is 6.42 Å². The Bertz CT molecular complexity index is 870. The number of hydrogen-bond acceptors (Lipinski definition) is 6. The Kier molecular flexibility index (Phi) is 9.54. The quantitative estimate of drug-likeness (QED) is 0.321. The molecule has 196 valence electrons. The standard InChI is InChI=1S/C26H45NO6S.Na/c1-16(4-7-23(30)27-12-13-34(31,32)33)19-5-6-20-24-21(9-11-26(19,20)3)25(2)10-8-18(28)14-17(25)15-22(24)29;/h16-22,24,28-29H,4-15H2,1-3H3,(H,27,30)(H,31,32,33);/q;+1/p-1/t16?,17-,18?,19+,20?,21?,22-,24-,25-,26+;/m0./s1. The van der Waals surface area contributed by atoms with Crippen molar-refractivity contribution in [1.82, 2.24) is 5.32 Å². The first kappa shape index (κ1) is 29.9. The fraction of sp³-hybridized carbons (Fsp3) is 0.962. The average molecular weight is 522 g/mol. The number of nitrogens with one attached hydrogen (secondary N) is 1. The fourth-order valence-corrected chi connectivity index (χ4v) is 9.49. The molecule has 4 aliphatic carbocycles. The van der Waals surface area contributed by atoms with E-state index in [0.29, 0.717) is 41.9 Å². The van der Waals surface area contributed by atoms with E-state index in [4.69, 9.17) is 0 Å². The molecule has 0 aromatic rings. The van der Waals surface area contributed by atoms with E-state index in [0.717, 1.165) is 51.4 Å². The fourth-order valence-electron chi connectivity index (χ4n) is 9.14. The van der Waals surface area contributed by atoms with Crippen LogP contribution in [0.15, 0.2) is 0 Å². The summed E-state index contributed by atoms with van der Waals surface area (Å²) < 4.78 is 32.2. The number of aliphatic hydroxyl groups is 2. The van der Waals surface area contributed by atoms with E-state index in [1.807, 2.05) is 0 Å². The van der Waals surface area contributed by atoms with Gasteiger partial charge in [-0.3, -0.25) is 4.79 Å². The van der Waals surface area contributed by atoms with E-state index in [-0.39, 0.29) is 65.0 Å². The maximum atomic E-state index is 12.2. The molecular formula is C26H44NNaO6S. The third-order valence-corrected chi connectivity index (χ3v) is 11.6. The Morgan fingerprint density at radius 3 is 2.40 bits per heavy atom. The van der Waals surface area contributed by atoms with E-state index in [9.17, 15) is 28.0 Å². The Hall–Kier alpha value is 0.300. The number of fused-ring (bicyclic) bond motifs is 5. The van der Waals surface area contributed by atoms with Gasteiger partial charge < -0.3 is 20.1 Å². The second-order valence-corrected chi connectivity index (χ2v) is 14.1. The Labute approximate surface area is 233 Å². The van der Waals surface area contributed by atoms with Gasteiger partial charge in [0.25, 0.3) is 0 Å². The maximum Gasteiger partial charge on any atom is 1.00 e. The van der Waals surface area contributed by atoms with Crippen molar-refractivity contribution in [3.63, 3.8) is 0 Å². The zero-order valence-corrected chi connectivity index (χ0v) is 24.9. The Morgan fingerprint density at radius 2 is 1.71 bits per heavy atom. The molecule has 0 saturated heterocycles. The van der Waals surface area contributed by atoms with Crippen LogP contribution in [-0.2, 0) is 14.9 Å². The van der Waals surface area contributed by atoms with Gasteiger partial charge in [-0.1, -0.05) is 20.8 Å². The molecule has 4 rings (SSSR count). The van der Waals surface area contributed by atoms with Crippen molar-refractivity contribution in [2.24, 2.45) is 46.3 Å². The van der Waals surface area contributed by atoms with Crippen LogP contribution in [0.25, 0.3) is 0 Å². The zero-order chi connectivity index (χ0) is 24.9. The summed E-state index contributed by atoms with van der Waals surface area (Å²) in [5.74, 6) is 1.92. The maximum absolute atomic E-state index is 12.2. The molecule has 7 nitrogen and oxygen atoms in total. The normalized spacial score (nSPS) is 43.8. The van der Waals surface area contributed by atoms with Crippen molar-refractivity contribution in [2.45, 2.75) is 97.2 Å². The zero-order valence-electron chi connectivity index (χ0n) is 22.0. The van der Waals surface area contributed by atoms with Gasteiger partial charge in [-0.05, 0) is 104 Å². The van der Waals surface area contributed by atoms with Crippen LogP contribution in [-0.4, -0.2) is 53.6 Å². The molecule has 4 fully saturated rings. The molecule has 9 heteroatoms. The van der Waals surface area contributed by atoms with Crippen molar-refractivity contribution >= 4 is 16.0 Å². The molecule has 0 aliphatic heterocycles. The number of carbonyl (C=O) groups is 1. The molecule has 4 unspecified atom stereocenters. The molecule has 0 radical (unpaired) electrons. The van der Waals surface area contributed by atoms with Crippen LogP contribution in [0.1, 0.15) is 85.0 Å². The van der Waals surface area contributed by atoms with Crippen LogP contribution >= 0.6 is 0 Å². The van der Waals surface area contributed by atoms with Crippen LogP contribution in [0.4, 0.5) is 0 Å². The van der Waals surface area contributed by atoms with Gasteiger partial charge in [0.15, 0.2) is 0 Å². The number of aliphatic hydroxyl groups excluding tert-OH is 2. The van der Waals surface area contributed by atoms with Crippen molar-refractivity contribution in [2.75, 3.05) is 12.3 Å². The van der Waals surface area contributed by atoms with E-state index in [2.05, 4.69) is 26.1 Å². The van der Waals surface area contributed by atoms with Crippen LogP contribution in [0.3, 0.4) is 0 Å².